The quantitative estimate of drug-likeness (QED) is 0.737. The fourth-order valence-corrected chi connectivity index (χ4v) is 4.27. The summed E-state index contributed by atoms with van der Waals surface area (Å²) in [4.78, 5) is 1.87. The lowest BCUT2D eigenvalue weighted by Gasteiger charge is -2.16. The minimum atomic E-state index is -3.60. The molecular formula is C17H26N4O2S. The Balaban J connectivity index is 2.10. The highest BCUT2D eigenvalue weighted by Gasteiger charge is 2.27. The van der Waals surface area contributed by atoms with E-state index in [2.05, 4.69) is 30.1 Å². The van der Waals surface area contributed by atoms with Crippen LogP contribution < -0.4 is 10.0 Å². The lowest BCUT2D eigenvalue weighted by molar-refractivity contribution is 0.470. The number of anilines is 1. The molecule has 1 heterocycles. The number of nitrogens with one attached hydrogen (secondary N) is 2. The van der Waals surface area contributed by atoms with E-state index < -0.39 is 10.0 Å². The molecule has 6 nitrogen and oxygen atoms in total. The first-order valence-corrected chi connectivity index (χ1v) is 9.81. The first-order chi connectivity index (χ1) is 11.3. The number of benzene rings is 1. The summed E-state index contributed by atoms with van der Waals surface area (Å²) in [5.41, 5.74) is 1.53. The van der Waals surface area contributed by atoms with E-state index in [0.29, 0.717) is 35.9 Å². The summed E-state index contributed by atoms with van der Waals surface area (Å²) in [6.45, 7) is 7.95. The Morgan fingerprint density at radius 1 is 1.42 bits per heavy atom. The van der Waals surface area contributed by atoms with Crippen LogP contribution in [0.25, 0.3) is 0 Å². The summed E-state index contributed by atoms with van der Waals surface area (Å²) in [6.07, 6.45) is 3.74. The van der Waals surface area contributed by atoms with Gasteiger partial charge in [0.15, 0.2) is 6.19 Å². The molecule has 1 aromatic rings. The molecule has 0 amide bonds. The van der Waals surface area contributed by atoms with E-state index in [4.69, 9.17) is 5.26 Å². The van der Waals surface area contributed by atoms with Gasteiger partial charge in [-0.1, -0.05) is 19.9 Å². The Morgan fingerprint density at radius 2 is 2.17 bits per heavy atom. The van der Waals surface area contributed by atoms with E-state index in [1.54, 1.807) is 17.9 Å². The molecule has 0 spiro atoms. The Morgan fingerprint density at radius 3 is 2.79 bits per heavy atom. The van der Waals surface area contributed by atoms with Gasteiger partial charge in [0.25, 0.3) is 0 Å². The van der Waals surface area contributed by atoms with Crippen LogP contribution in [0.15, 0.2) is 23.1 Å². The smallest absolute Gasteiger partial charge is 0.241 e. The van der Waals surface area contributed by atoms with Crippen molar-refractivity contribution in [2.24, 2.45) is 5.92 Å². The van der Waals surface area contributed by atoms with Crippen molar-refractivity contribution in [3.8, 4) is 6.19 Å². The average molecular weight is 350 g/mol. The number of nitrogens with zero attached hydrogens (tertiary/aromatic N) is 2. The number of aryl methyl sites for hydroxylation is 1. The number of sulfonamides is 1. The molecule has 0 bridgehead atoms. The molecule has 1 atom stereocenters. The summed E-state index contributed by atoms with van der Waals surface area (Å²) >= 11 is 0. The zero-order chi connectivity index (χ0) is 17.7. The maximum absolute atomic E-state index is 12.7. The van der Waals surface area contributed by atoms with Crippen LogP contribution in [-0.4, -0.2) is 39.0 Å². The molecule has 0 unspecified atom stereocenters. The molecule has 7 heteroatoms. The number of nitriles is 1. The van der Waals surface area contributed by atoms with Gasteiger partial charge in [0.1, 0.15) is 0 Å². The van der Waals surface area contributed by atoms with Crippen molar-refractivity contribution in [1.29, 1.82) is 5.26 Å². The maximum Gasteiger partial charge on any atom is 0.241 e. The molecule has 1 saturated heterocycles. The molecule has 0 aromatic heterocycles. The first-order valence-electron chi connectivity index (χ1n) is 8.33. The third-order valence-corrected chi connectivity index (χ3v) is 5.84. The minimum absolute atomic E-state index is 0.216. The third-order valence-electron chi connectivity index (χ3n) is 4.18. The van der Waals surface area contributed by atoms with Crippen LogP contribution in [0, 0.1) is 24.3 Å². The molecule has 1 aliphatic heterocycles. The number of hydrogen-bond acceptors (Lipinski definition) is 5. The van der Waals surface area contributed by atoms with Gasteiger partial charge >= 0.3 is 0 Å². The zero-order valence-corrected chi connectivity index (χ0v) is 15.4. The molecule has 1 aromatic carbocycles. The zero-order valence-electron chi connectivity index (χ0n) is 14.5. The molecule has 2 N–H and O–H groups in total. The van der Waals surface area contributed by atoms with Gasteiger partial charge in [-0.2, -0.15) is 5.26 Å². The third kappa shape index (κ3) is 4.86. The van der Waals surface area contributed by atoms with Crippen molar-refractivity contribution in [3.63, 3.8) is 0 Å². The summed E-state index contributed by atoms with van der Waals surface area (Å²) in [5, 5.41) is 12.2. The summed E-state index contributed by atoms with van der Waals surface area (Å²) in [7, 11) is -3.60. The van der Waals surface area contributed by atoms with E-state index >= 15 is 0 Å². The van der Waals surface area contributed by atoms with Crippen LogP contribution >= 0.6 is 0 Å². The second-order valence-electron chi connectivity index (χ2n) is 6.74. The maximum atomic E-state index is 12.7. The standard InChI is InChI=1S/C17H26N4O2S/c1-13(2)6-8-19-15-5-4-14(3)17(10-15)24(22,23)20-16-7-9-21(11-16)12-18/h4-5,10,13,16,19-20H,6-9,11H2,1-3H3/t16-/m1/s1. The Hall–Kier alpha value is -1.78. The van der Waals surface area contributed by atoms with Crippen molar-refractivity contribution in [3.05, 3.63) is 23.8 Å². The Kier molecular flexibility index (Phi) is 6.08. The highest BCUT2D eigenvalue weighted by atomic mass is 32.2. The molecule has 1 aliphatic rings. The van der Waals surface area contributed by atoms with Gasteiger partial charge in [0.05, 0.1) is 4.90 Å². The first kappa shape index (κ1) is 18.6. The van der Waals surface area contributed by atoms with Crippen molar-refractivity contribution < 1.29 is 8.42 Å². The molecule has 24 heavy (non-hydrogen) atoms. The van der Waals surface area contributed by atoms with Crippen LogP contribution in [-0.2, 0) is 10.0 Å². The van der Waals surface area contributed by atoms with Crippen LogP contribution in [0.5, 0.6) is 0 Å². The fourth-order valence-electron chi connectivity index (χ4n) is 2.73. The molecule has 1 fully saturated rings. The van der Waals surface area contributed by atoms with Gasteiger partial charge in [-0.3, -0.25) is 0 Å². The molecule has 0 aliphatic carbocycles. The van der Waals surface area contributed by atoms with Crippen LogP contribution in [0.3, 0.4) is 0 Å². The molecule has 0 radical (unpaired) electrons. The number of rotatable bonds is 7. The topological polar surface area (TPSA) is 85.2 Å². The van der Waals surface area contributed by atoms with Crippen molar-refractivity contribution in [2.75, 3.05) is 25.0 Å². The van der Waals surface area contributed by atoms with Gasteiger partial charge in [-0.05, 0) is 43.4 Å². The van der Waals surface area contributed by atoms with Crippen molar-refractivity contribution >= 4 is 15.7 Å². The molecule has 0 saturated carbocycles. The van der Waals surface area contributed by atoms with Crippen molar-refractivity contribution in [2.45, 2.75) is 44.6 Å². The summed E-state index contributed by atoms with van der Waals surface area (Å²) in [5.74, 6) is 0.596. The van der Waals surface area contributed by atoms with Gasteiger partial charge in [-0.15, -0.1) is 0 Å². The Labute approximate surface area is 144 Å². The lowest BCUT2D eigenvalue weighted by Crippen LogP contribution is -2.36. The van der Waals surface area contributed by atoms with E-state index in [1.165, 1.54) is 0 Å². The second kappa shape index (κ2) is 7.86. The Bertz CT molecular complexity index is 710. The monoisotopic (exact) mass is 350 g/mol. The van der Waals surface area contributed by atoms with Crippen molar-refractivity contribution in [1.82, 2.24) is 9.62 Å². The van der Waals surface area contributed by atoms with E-state index in [0.717, 1.165) is 18.7 Å². The van der Waals surface area contributed by atoms with E-state index in [1.807, 2.05) is 12.1 Å². The van der Waals surface area contributed by atoms with Gasteiger partial charge in [-0.25, -0.2) is 13.1 Å². The lowest BCUT2D eigenvalue weighted by atomic mass is 10.1. The van der Waals surface area contributed by atoms with Gasteiger partial charge in [0, 0.05) is 31.4 Å². The highest BCUT2D eigenvalue weighted by Crippen LogP contribution is 2.22. The predicted octanol–water partition coefficient (Wildman–Crippen LogP) is 2.29. The summed E-state index contributed by atoms with van der Waals surface area (Å²) in [6, 6.07) is 5.20. The largest absolute Gasteiger partial charge is 0.385 e. The minimum Gasteiger partial charge on any atom is -0.385 e. The van der Waals surface area contributed by atoms with Crippen LogP contribution in [0.2, 0.25) is 0 Å². The molecular weight excluding hydrogens is 324 g/mol. The summed E-state index contributed by atoms with van der Waals surface area (Å²) < 4.78 is 28.1. The molecule has 2 rings (SSSR count). The van der Waals surface area contributed by atoms with Crippen LogP contribution in [0.4, 0.5) is 5.69 Å². The predicted molar refractivity (Wildman–Crippen MR) is 95.0 cm³/mol. The van der Waals surface area contributed by atoms with E-state index in [9.17, 15) is 8.42 Å². The van der Waals surface area contributed by atoms with E-state index in [-0.39, 0.29) is 6.04 Å². The molecule has 132 valence electrons. The average Bonchev–Trinajstić information content (AvgIpc) is 2.95. The fraction of sp³-hybridized carbons (Fsp3) is 0.588. The van der Waals surface area contributed by atoms with Gasteiger partial charge in [0.2, 0.25) is 10.0 Å². The van der Waals surface area contributed by atoms with Crippen LogP contribution in [0.1, 0.15) is 32.3 Å². The number of hydrogen-bond donors (Lipinski definition) is 2. The second-order valence-corrected chi connectivity index (χ2v) is 8.42. The SMILES string of the molecule is Cc1ccc(NCCC(C)C)cc1S(=O)(=O)N[C@@H]1CCN(C#N)C1. The van der Waals surface area contributed by atoms with Gasteiger partial charge < -0.3 is 10.2 Å². The normalized spacial score (nSPS) is 18.0. The highest BCUT2D eigenvalue weighted by molar-refractivity contribution is 7.89. The number of likely N-dealkylation sites (tertiary alicyclic amines) is 1.